The van der Waals surface area contributed by atoms with Crippen molar-refractivity contribution >= 4 is 5.91 Å². The molecule has 0 bridgehead atoms. The first-order chi connectivity index (χ1) is 7.06. The Morgan fingerprint density at radius 3 is 2.80 bits per heavy atom. The van der Waals surface area contributed by atoms with E-state index in [1.165, 1.54) is 0 Å². The SMILES string of the molecule is CC(C(=O)N(C)C)N1CCCC(C#N)C1. The average molecular weight is 209 g/mol. The minimum absolute atomic E-state index is 0.0937. The lowest BCUT2D eigenvalue weighted by Crippen LogP contribution is -2.48. The lowest BCUT2D eigenvalue weighted by atomic mass is 9.98. The summed E-state index contributed by atoms with van der Waals surface area (Å²) in [5.41, 5.74) is 0. The maximum atomic E-state index is 11.7. The Kier molecular flexibility index (Phi) is 4.10. The number of amides is 1. The van der Waals surface area contributed by atoms with Gasteiger partial charge in [-0.15, -0.1) is 0 Å². The average Bonchev–Trinajstić information content (AvgIpc) is 2.27. The van der Waals surface area contributed by atoms with Crippen molar-refractivity contribution in [3.8, 4) is 6.07 Å². The van der Waals surface area contributed by atoms with E-state index in [1.54, 1.807) is 19.0 Å². The number of likely N-dealkylation sites (N-methyl/N-ethyl adjacent to an activating group) is 1. The van der Waals surface area contributed by atoms with Gasteiger partial charge in [-0.05, 0) is 26.3 Å². The van der Waals surface area contributed by atoms with Gasteiger partial charge in [0.1, 0.15) is 0 Å². The summed E-state index contributed by atoms with van der Waals surface area (Å²) in [5, 5.41) is 8.87. The molecule has 0 N–H and O–H groups in total. The molecule has 0 saturated carbocycles. The second kappa shape index (κ2) is 5.13. The van der Waals surface area contributed by atoms with Crippen LogP contribution in [0.4, 0.5) is 0 Å². The predicted octanol–water partition coefficient (Wildman–Crippen LogP) is 0.699. The largest absolute Gasteiger partial charge is 0.347 e. The summed E-state index contributed by atoms with van der Waals surface area (Å²) < 4.78 is 0. The zero-order valence-electron chi connectivity index (χ0n) is 9.73. The highest BCUT2D eigenvalue weighted by molar-refractivity contribution is 5.80. The van der Waals surface area contributed by atoms with Gasteiger partial charge < -0.3 is 4.90 Å². The molecule has 0 aromatic carbocycles. The molecule has 84 valence electrons. The van der Waals surface area contributed by atoms with E-state index < -0.39 is 0 Å². The number of carbonyl (C=O) groups excluding carboxylic acids is 1. The highest BCUT2D eigenvalue weighted by Crippen LogP contribution is 2.18. The van der Waals surface area contributed by atoms with Crippen molar-refractivity contribution in [1.29, 1.82) is 5.26 Å². The normalized spacial score (nSPS) is 24.3. The number of nitrogens with zero attached hydrogens (tertiary/aromatic N) is 3. The first-order valence-electron chi connectivity index (χ1n) is 5.41. The molecule has 15 heavy (non-hydrogen) atoms. The first-order valence-corrected chi connectivity index (χ1v) is 5.41. The second-order valence-electron chi connectivity index (χ2n) is 4.37. The van der Waals surface area contributed by atoms with Crippen molar-refractivity contribution in [2.45, 2.75) is 25.8 Å². The van der Waals surface area contributed by atoms with Crippen molar-refractivity contribution < 1.29 is 4.79 Å². The van der Waals surface area contributed by atoms with Gasteiger partial charge in [0, 0.05) is 20.6 Å². The van der Waals surface area contributed by atoms with Crippen molar-refractivity contribution in [3.05, 3.63) is 0 Å². The van der Waals surface area contributed by atoms with Crippen LogP contribution in [0.2, 0.25) is 0 Å². The van der Waals surface area contributed by atoms with Crippen LogP contribution in [0.25, 0.3) is 0 Å². The van der Waals surface area contributed by atoms with Gasteiger partial charge in [-0.3, -0.25) is 9.69 Å². The van der Waals surface area contributed by atoms with Crippen molar-refractivity contribution in [1.82, 2.24) is 9.80 Å². The molecule has 1 amide bonds. The van der Waals surface area contributed by atoms with Crippen LogP contribution < -0.4 is 0 Å². The molecule has 0 radical (unpaired) electrons. The Morgan fingerprint density at radius 2 is 2.27 bits per heavy atom. The van der Waals surface area contributed by atoms with Gasteiger partial charge in [-0.25, -0.2) is 0 Å². The Hall–Kier alpha value is -1.08. The maximum Gasteiger partial charge on any atom is 0.239 e. The van der Waals surface area contributed by atoms with Crippen LogP contribution in [0.3, 0.4) is 0 Å². The molecular formula is C11H19N3O. The minimum Gasteiger partial charge on any atom is -0.347 e. The van der Waals surface area contributed by atoms with Crippen LogP contribution in [0, 0.1) is 17.2 Å². The van der Waals surface area contributed by atoms with Crippen LogP contribution >= 0.6 is 0 Å². The molecule has 0 spiro atoms. The summed E-state index contributed by atoms with van der Waals surface area (Å²) in [6.45, 7) is 3.58. The minimum atomic E-state index is -0.101. The van der Waals surface area contributed by atoms with E-state index in [4.69, 9.17) is 5.26 Å². The van der Waals surface area contributed by atoms with E-state index in [2.05, 4.69) is 11.0 Å². The van der Waals surface area contributed by atoms with E-state index in [0.29, 0.717) is 0 Å². The second-order valence-corrected chi connectivity index (χ2v) is 4.37. The standard InChI is InChI=1S/C11H19N3O/c1-9(11(15)13(2)3)14-6-4-5-10(7-12)8-14/h9-10H,4-6,8H2,1-3H3. The Labute approximate surface area is 91.5 Å². The summed E-state index contributed by atoms with van der Waals surface area (Å²) >= 11 is 0. The zero-order chi connectivity index (χ0) is 11.4. The third kappa shape index (κ3) is 2.93. The topological polar surface area (TPSA) is 47.3 Å². The quantitative estimate of drug-likeness (QED) is 0.672. The molecule has 0 aromatic rings. The molecule has 1 saturated heterocycles. The molecule has 0 aliphatic carbocycles. The lowest BCUT2D eigenvalue weighted by molar-refractivity contribution is -0.134. The van der Waals surface area contributed by atoms with Gasteiger partial charge >= 0.3 is 0 Å². The molecule has 2 atom stereocenters. The summed E-state index contributed by atoms with van der Waals surface area (Å²) in [5.74, 6) is 0.213. The number of likely N-dealkylation sites (tertiary alicyclic amines) is 1. The highest BCUT2D eigenvalue weighted by Gasteiger charge is 2.27. The number of hydrogen-bond donors (Lipinski definition) is 0. The summed E-state index contributed by atoms with van der Waals surface area (Å²) in [6, 6.07) is 2.19. The van der Waals surface area contributed by atoms with Crippen molar-refractivity contribution in [2.24, 2.45) is 5.92 Å². The molecular weight excluding hydrogens is 190 g/mol. The van der Waals surface area contributed by atoms with Gasteiger partial charge in [0.15, 0.2) is 0 Å². The van der Waals surface area contributed by atoms with Gasteiger partial charge in [0.2, 0.25) is 5.91 Å². The van der Waals surface area contributed by atoms with Crippen LogP contribution in [-0.2, 0) is 4.79 Å². The van der Waals surface area contributed by atoms with E-state index in [1.807, 2.05) is 6.92 Å². The van der Waals surface area contributed by atoms with Gasteiger partial charge in [0.05, 0.1) is 18.0 Å². The first kappa shape index (κ1) is 12.0. The van der Waals surface area contributed by atoms with Gasteiger partial charge in [0.25, 0.3) is 0 Å². The Balaban J connectivity index is 2.56. The van der Waals surface area contributed by atoms with Crippen LogP contribution in [0.1, 0.15) is 19.8 Å². The molecule has 4 heteroatoms. The number of piperidine rings is 1. The molecule has 0 aromatic heterocycles. The molecule has 1 heterocycles. The van der Waals surface area contributed by atoms with Crippen LogP contribution in [0.15, 0.2) is 0 Å². The smallest absolute Gasteiger partial charge is 0.239 e. The summed E-state index contributed by atoms with van der Waals surface area (Å²) in [7, 11) is 3.54. The maximum absolute atomic E-state index is 11.7. The summed E-state index contributed by atoms with van der Waals surface area (Å²) in [6.07, 6.45) is 1.99. The number of carbonyl (C=O) groups is 1. The van der Waals surface area contributed by atoms with Crippen molar-refractivity contribution in [2.75, 3.05) is 27.2 Å². The van der Waals surface area contributed by atoms with Gasteiger partial charge in [-0.2, -0.15) is 5.26 Å². The fourth-order valence-corrected chi connectivity index (χ4v) is 1.99. The van der Waals surface area contributed by atoms with Crippen molar-refractivity contribution in [3.63, 3.8) is 0 Å². The summed E-state index contributed by atoms with van der Waals surface area (Å²) in [4.78, 5) is 15.5. The Morgan fingerprint density at radius 1 is 1.60 bits per heavy atom. The third-order valence-corrected chi connectivity index (χ3v) is 2.98. The van der Waals surface area contributed by atoms with Crippen LogP contribution in [-0.4, -0.2) is 48.9 Å². The zero-order valence-corrected chi connectivity index (χ0v) is 9.73. The molecule has 4 nitrogen and oxygen atoms in total. The lowest BCUT2D eigenvalue weighted by Gasteiger charge is -2.34. The highest BCUT2D eigenvalue weighted by atomic mass is 16.2. The molecule has 2 unspecified atom stereocenters. The molecule has 1 aliphatic rings. The van der Waals surface area contributed by atoms with E-state index in [9.17, 15) is 4.79 Å². The van der Waals surface area contributed by atoms with Gasteiger partial charge in [-0.1, -0.05) is 0 Å². The fourth-order valence-electron chi connectivity index (χ4n) is 1.99. The van der Waals surface area contributed by atoms with E-state index >= 15 is 0 Å². The number of hydrogen-bond acceptors (Lipinski definition) is 3. The Bertz CT molecular complexity index is 269. The molecule has 1 fully saturated rings. The monoisotopic (exact) mass is 209 g/mol. The number of nitriles is 1. The predicted molar refractivity (Wildman–Crippen MR) is 58.1 cm³/mol. The molecule has 1 aliphatic heterocycles. The van der Waals surface area contributed by atoms with Crippen LogP contribution in [0.5, 0.6) is 0 Å². The molecule has 1 rings (SSSR count). The van der Waals surface area contributed by atoms with E-state index in [0.717, 1.165) is 25.9 Å². The number of rotatable bonds is 2. The third-order valence-electron chi connectivity index (χ3n) is 2.98. The van der Waals surface area contributed by atoms with E-state index in [-0.39, 0.29) is 17.9 Å². The fraction of sp³-hybridized carbons (Fsp3) is 0.818.